The van der Waals surface area contributed by atoms with Gasteiger partial charge in [0.15, 0.2) is 11.5 Å². The van der Waals surface area contributed by atoms with Crippen LogP contribution >= 0.6 is 0 Å². The van der Waals surface area contributed by atoms with Crippen LogP contribution in [0, 0.1) is 5.92 Å². The predicted octanol–water partition coefficient (Wildman–Crippen LogP) is 2.95. The van der Waals surface area contributed by atoms with Gasteiger partial charge in [-0.05, 0) is 36.2 Å². The molecule has 0 aromatic heterocycles. The van der Waals surface area contributed by atoms with Gasteiger partial charge in [0.1, 0.15) is 11.8 Å². The fourth-order valence-electron chi connectivity index (χ4n) is 4.92. The second kappa shape index (κ2) is 11.2. The fourth-order valence-corrected chi connectivity index (χ4v) is 4.92. The summed E-state index contributed by atoms with van der Waals surface area (Å²) in [7, 11) is 3.07. The minimum atomic E-state index is -0.957. The molecule has 0 unspecified atom stereocenters. The number of carbonyl (C=O) groups excluding carboxylic acids is 3. The maximum Gasteiger partial charge on any atom is 0.256 e. The SMILES string of the molecule is COc1ccc(C(=O)N2CCC3(CC2)OC[C@H](C(=O)NCC(C)C)N3C(=O)c2ccccc2)cc1OC. The Morgan fingerprint density at radius 3 is 2.27 bits per heavy atom. The topological polar surface area (TPSA) is 97.4 Å². The van der Waals surface area contributed by atoms with E-state index in [0.29, 0.717) is 55.1 Å². The average molecular weight is 510 g/mol. The Morgan fingerprint density at radius 2 is 1.65 bits per heavy atom. The van der Waals surface area contributed by atoms with E-state index in [-0.39, 0.29) is 30.2 Å². The van der Waals surface area contributed by atoms with Gasteiger partial charge >= 0.3 is 0 Å². The van der Waals surface area contributed by atoms with Crippen molar-refractivity contribution in [1.29, 1.82) is 0 Å². The van der Waals surface area contributed by atoms with Crippen molar-refractivity contribution in [3.63, 3.8) is 0 Å². The summed E-state index contributed by atoms with van der Waals surface area (Å²) in [6, 6.07) is 13.3. The maximum atomic E-state index is 13.7. The minimum absolute atomic E-state index is 0.117. The van der Waals surface area contributed by atoms with E-state index in [1.165, 1.54) is 7.11 Å². The Kier molecular flexibility index (Phi) is 8.02. The molecule has 1 atom stereocenters. The number of ether oxygens (including phenoxy) is 3. The lowest BCUT2D eigenvalue weighted by molar-refractivity contribution is -0.128. The first kappa shape index (κ1) is 26.5. The van der Waals surface area contributed by atoms with Crippen molar-refractivity contribution in [1.82, 2.24) is 15.1 Å². The second-order valence-electron chi connectivity index (χ2n) is 9.82. The Hall–Kier alpha value is -3.59. The summed E-state index contributed by atoms with van der Waals surface area (Å²) in [6.07, 6.45) is 0.803. The van der Waals surface area contributed by atoms with Gasteiger partial charge in [-0.2, -0.15) is 0 Å². The van der Waals surface area contributed by atoms with Crippen molar-refractivity contribution in [3.8, 4) is 11.5 Å². The highest BCUT2D eigenvalue weighted by Gasteiger charge is 2.54. The molecule has 37 heavy (non-hydrogen) atoms. The number of carbonyl (C=O) groups is 3. The lowest BCUT2D eigenvalue weighted by Gasteiger charge is -2.44. The van der Waals surface area contributed by atoms with E-state index in [2.05, 4.69) is 5.32 Å². The number of rotatable bonds is 7. The zero-order valence-corrected chi connectivity index (χ0v) is 21.9. The zero-order valence-electron chi connectivity index (χ0n) is 21.9. The molecule has 3 amide bonds. The standard InChI is InChI=1S/C28H35N3O6/c1-19(2)17-29-25(32)22-18-37-28(31(22)27(34)20-8-6-5-7-9-20)12-14-30(15-13-28)26(33)21-10-11-23(35-3)24(16-21)36-4/h5-11,16,19,22H,12-15,17-18H2,1-4H3,(H,29,32)/t22-/m1/s1. The van der Waals surface area contributed by atoms with Crippen LogP contribution in [0.15, 0.2) is 48.5 Å². The smallest absolute Gasteiger partial charge is 0.256 e. The van der Waals surface area contributed by atoms with Crippen molar-refractivity contribution < 1.29 is 28.6 Å². The molecule has 2 fully saturated rings. The van der Waals surface area contributed by atoms with Crippen LogP contribution in [0.25, 0.3) is 0 Å². The largest absolute Gasteiger partial charge is 0.493 e. The molecule has 2 heterocycles. The number of nitrogens with one attached hydrogen (secondary N) is 1. The van der Waals surface area contributed by atoms with Crippen molar-refractivity contribution in [3.05, 3.63) is 59.7 Å². The van der Waals surface area contributed by atoms with Gasteiger partial charge in [0.05, 0.1) is 20.8 Å². The Labute approximate surface area is 217 Å². The predicted molar refractivity (Wildman–Crippen MR) is 138 cm³/mol. The van der Waals surface area contributed by atoms with E-state index < -0.39 is 11.8 Å². The first-order valence-electron chi connectivity index (χ1n) is 12.6. The number of likely N-dealkylation sites (tertiary alicyclic amines) is 1. The Morgan fingerprint density at radius 1 is 0.973 bits per heavy atom. The number of hydrogen-bond donors (Lipinski definition) is 1. The number of benzene rings is 2. The van der Waals surface area contributed by atoms with E-state index in [9.17, 15) is 14.4 Å². The Balaban J connectivity index is 1.54. The highest BCUT2D eigenvalue weighted by molar-refractivity contribution is 5.98. The lowest BCUT2D eigenvalue weighted by atomic mass is 9.96. The lowest BCUT2D eigenvalue weighted by Crippen LogP contribution is -2.60. The number of amides is 3. The fraction of sp³-hybridized carbons (Fsp3) is 0.464. The first-order valence-corrected chi connectivity index (χ1v) is 12.6. The molecule has 1 spiro atoms. The molecule has 2 aliphatic heterocycles. The van der Waals surface area contributed by atoms with Crippen LogP contribution in [0.3, 0.4) is 0 Å². The number of piperidine rings is 1. The highest BCUT2D eigenvalue weighted by atomic mass is 16.5. The van der Waals surface area contributed by atoms with Crippen LogP contribution in [0.2, 0.25) is 0 Å². The second-order valence-corrected chi connectivity index (χ2v) is 9.82. The normalized spacial score (nSPS) is 18.7. The third-order valence-corrected chi connectivity index (χ3v) is 6.95. The molecule has 9 heteroatoms. The van der Waals surface area contributed by atoms with Crippen LogP contribution in [0.5, 0.6) is 11.5 Å². The van der Waals surface area contributed by atoms with Crippen molar-refractivity contribution in [2.75, 3.05) is 40.5 Å². The van der Waals surface area contributed by atoms with Gasteiger partial charge < -0.3 is 24.4 Å². The number of methoxy groups -OCH3 is 2. The van der Waals surface area contributed by atoms with Gasteiger partial charge in [-0.1, -0.05) is 32.0 Å². The molecular formula is C28H35N3O6. The van der Waals surface area contributed by atoms with Crippen molar-refractivity contribution in [2.24, 2.45) is 5.92 Å². The quantitative estimate of drug-likeness (QED) is 0.617. The van der Waals surface area contributed by atoms with Gasteiger partial charge in [-0.25, -0.2) is 0 Å². The summed E-state index contributed by atoms with van der Waals surface area (Å²) in [6.45, 7) is 5.43. The monoisotopic (exact) mass is 509 g/mol. The van der Waals surface area contributed by atoms with Gasteiger partial charge in [0, 0.05) is 43.6 Å². The minimum Gasteiger partial charge on any atom is -0.493 e. The summed E-state index contributed by atoms with van der Waals surface area (Å²) in [5.74, 6) is 0.704. The van der Waals surface area contributed by atoms with Gasteiger partial charge in [-0.3, -0.25) is 19.3 Å². The van der Waals surface area contributed by atoms with Crippen molar-refractivity contribution in [2.45, 2.75) is 38.5 Å². The first-order chi connectivity index (χ1) is 17.8. The highest BCUT2D eigenvalue weighted by Crippen LogP contribution is 2.39. The summed E-state index contributed by atoms with van der Waals surface area (Å²) < 4.78 is 16.9. The molecule has 4 rings (SSSR count). The molecule has 0 aliphatic carbocycles. The van der Waals surface area contributed by atoms with Gasteiger partial charge in [0.25, 0.3) is 11.8 Å². The van der Waals surface area contributed by atoms with Crippen LogP contribution in [0.1, 0.15) is 47.4 Å². The van der Waals surface area contributed by atoms with Gasteiger partial charge in [-0.15, -0.1) is 0 Å². The van der Waals surface area contributed by atoms with Crippen molar-refractivity contribution >= 4 is 17.7 Å². The summed E-state index contributed by atoms with van der Waals surface area (Å²) >= 11 is 0. The van der Waals surface area contributed by atoms with Crippen LogP contribution in [-0.2, 0) is 9.53 Å². The van der Waals surface area contributed by atoms with E-state index in [1.807, 2.05) is 19.9 Å². The van der Waals surface area contributed by atoms with Crippen LogP contribution in [0.4, 0.5) is 0 Å². The zero-order chi connectivity index (χ0) is 26.6. The van der Waals surface area contributed by atoms with E-state index in [0.717, 1.165) is 0 Å². The molecule has 0 radical (unpaired) electrons. The number of hydrogen-bond acceptors (Lipinski definition) is 6. The molecule has 9 nitrogen and oxygen atoms in total. The molecule has 198 valence electrons. The molecular weight excluding hydrogens is 474 g/mol. The van der Waals surface area contributed by atoms with Gasteiger partial charge in [0.2, 0.25) is 5.91 Å². The van der Waals surface area contributed by atoms with Crippen LogP contribution in [-0.4, -0.2) is 79.7 Å². The average Bonchev–Trinajstić information content (AvgIpc) is 3.29. The van der Waals surface area contributed by atoms with E-state index in [1.54, 1.807) is 59.4 Å². The molecule has 2 saturated heterocycles. The molecule has 1 N–H and O–H groups in total. The molecule has 2 aromatic rings. The molecule has 2 aromatic carbocycles. The Bertz CT molecular complexity index is 1130. The van der Waals surface area contributed by atoms with E-state index >= 15 is 0 Å². The number of nitrogens with zero attached hydrogens (tertiary/aromatic N) is 2. The molecule has 0 saturated carbocycles. The maximum absolute atomic E-state index is 13.7. The molecule has 0 bridgehead atoms. The summed E-state index contributed by atoms with van der Waals surface area (Å²) in [5, 5.41) is 2.95. The summed E-state index contributed by atoms with van der Waals surface area (Å²) in [5.41, 5.74) is 0.0307. The third kappa shape index (κ3) is 5.41. The third-order valence-electron chi connectivity index (χ3n) is 6.95. The molecule has 2 aliphatic rings. The van der Waals surface area contributed by atoms with Crippen LogP contribution < -0.4 is 14.8 Å². The van der Waals surface area contributed by atoms with E-state index in [4.69, 9.17) is 14.2 Å². The summed E-state index contributed by atoms with van der Waals surface area (Å²) in [4.78, 5) is 43.4.